The summed E-state index contributed by atoms with van der Waals surface area (Å²) < 4.78 is 27.2. The molecule has 4 rings (SSSR count). The molecule has 1 saturated heterocycles. The monoisotopic (exact) mass is 424 g/mol. The molecule has 0 spiro atoms. The zero-order valence-corrected chi connectivity index (χ0v) is 17.8. The molecule has 0 radical (unpaired) electrons. The standard InChI is InChI=1S/C23H25FN4O3/c1-15(2)31-20-12-17(24)4-5-18(20)21-14-28(10-11-30-21)23-26-19(13-22(29)27(23)3)16-6-8-25-9-7-16/h4-9,12-13,15,21H,10-11,14H2,1-3H3. The Bertz CT molecular complexity index is 1120. The lowest BCUT2D eigenvalue weighted by Gasteiger charge is -2.35. The van der Waals surface area contributed by atoms with E-state index in [1.807, 2.05) is 30.9 Å². The van der Waals surface area contributed by atoms with Crippen LogP contribution < -0.4 is 15.2 Å². The second-order valence-corrected chi connectivity index (χ2v) is 7.73. The molecule has 8 heteroatoms. The number of rotatable bonds is 5. The summed E-state index contributed by atoms with van der Waals surface area (Å²) in [7, 11) is 1.71. The molecular weight excluding hydrogens is 399 g/mol. The highest BCUT2D eigenvalue weighted by molar-refractivity contribution is 5.59. The minimum atomic E-state index is -0.360. The van der Waals surface area contributed by atoms with Crippen molar-refractivity contribution in [3.63, 3.8) is 0 Å². The van der Waals surface area contributed by atoms with Crippen molar-refractivity contribution in [1.82, 2.24) is 14.5 Å². The van der Waals surface area contributed by atoms with Gasteiger partial charge in [-0.3, -0.25) is 14.3 Å². The number of hydrogen-bond donors (Lipinski definition) is 0. The zero-order valence-electron chi connectivity index (χ0n) is 17.8. The summed E-state index contributed by atoms with van der Waals surface area (Å²) in [5.41, 5.74) is 2.04. The number of benzene rings is 1. The average molecular weight is 424 g/mol. The van der Waals surface area contributed by atoms with Crippen LogP contribution in [0, 0.1) is 5.82 Å². The summed E-state index contributed by atoms with van der Waals surface area (Å²) in [5, 5.41) is 0. The molecule has 1 aliphatic rings. The summed E-state index contributed by atoms with van der Waals surface area (Å²) in [6, 6.07) is 9.65. The minimum absolute atomic E-state index is 0.0974. The Morgan fingerprint density at radius 1 is 1.19 bits per heavy atom. The topological polar surface area (TPSA) is 69.5 Å². The van der Waals surface area contributed by atoms with Crippen molar-refractivity contribution in [2.75, 3.05) is 24.6 Å². The molecule has 0 aliphatic carbocycles. The van der Waals surface area contributed by atoms with Gasteiger partial charge in [-0.1, -0.05) is 0 Å². The number of aromatic nitrogens is 3. The number of hydrogen-bond acceptors (Lipinski definition) is 6. The van der Waals surface area contributed by atoms with E-state index in [1.165, 1.54) is 22.8 Å². The second-order valence-electron chi connectivity index (χ2n) is 7.73. The summed E-state index contributed by atoms with van der Waals surface area (Å²) in [5.74, 6) is 0.663. The van der Waals surface area contributed by atoms with Crippen LogP contribution in [0.15, 0.2) is 53.6 Å². The van der Waals surface area contributed by atoms with Gasteiger partial charge >= 0.3 is 0 Å². The fraction of sp³-hybridized carbons (Fsp3) is 0.348. The third-order valence-corrected chi connectivity index (χ3v) is 5.12. The Morgan fingerprint density at radius 2 is 1.97 bits per heavy atom. The molecule has 0 bridgehead atoms. The molecule has 1 unspecified atom stereocenters. The van der Waals surface area contributed by atoms with Gasteiger partial charge in [0.15, 0.2) is 0 Å². The fourth-order valence-corrected chi connectivity index (χ4v) is 3.63. The molecule has 162 valence electrons. The highest BCUT2D eigenvalue weighted by Crippen LogP contribution is 2.33. The van der Waals surface area contributed by atoms with Crippen molar-refractivity contribution < 1.29 is 13.9 Å². The molecule has 1 fully saturated rings. The first-order valence-corrected chi connectivity index (χ1v) is 10.2. The van der Waals surface area contributed by atoms with Crippen molar-refractivity contribution >= 4 is 5.95 Å². The fourth-order valence-electron chi connectivity index (χ4n) is 3.63. The molecule has 1 aliphatic heterocycles. The Morgan fingerprint density at radius 3 is 2.71 bits per heavy atom. The van der Waals surface area contributed by atoms with Gasteiger partial charge in [0, 0.05) is 49.2 Å². The van der Waals surface area contributed by atoms with Gasteiger partial charge in [-0.15, -0.1) is 0 Å². The highest BCUT2D eigenvalue weighted by Gasteiger charge is 2.27. The van der Waals surface area contributed by atoms with Crippen LogP contribution in [0.3, 0.4) is 0 Å². The number of ether oxygens (including phenoxy) is 2. The Labute approximate surface area is 180 Å². The molecule has 0 saturated carbocycles. The van der Waals surface area contributed by atoms with E-state index in [0.717, 1.165) is 11.1 Å². The molecule has 0 amide bonds. The molecule has 3 heterocycles. The van der Waals surface area contributed by atoms with Gasteiger partial charge < -0.3 is 14.4 Å². The quantitative estimate of drug-likeness (QED) is 0.626. The van der Waals surface area contributed by atoms with E-state index in [0.29, 0.717) is 37.1 Å². The maximum absolute atomic E-state index is 13.8. The lowest BCUT2D eigenvalue weighted by molar-refractivity contribution is 0.0363. The predicted octanol–water partition coefficient (Wildman–Crippen LogP) is 3.35. The Kier molecular flexibility index (Phi) is 5.99. The molecule has 2 aromatic heterocycles. The van der Waals surface area contributed by atoms with Crippen LogP contribution in [0.4, 0.5) is 10.3 Å². The molecule has 0 N–H and O–H groups in total. The average Bonchev–Trinajstić information content (AvgIpc) is 2.76. The normalized spacial score (nSPS) is 16.5. The molecule has 1 atom stereocenters. The summed E-state index contributed by atoms with van der Waals surface area (Å²) >= 11 is 0. The lowest BCUT2D eigenvalue weighted by atomic mass is 10.1. The first kappa shape index (κ1) is 21.0. The van der Waals surface area contributed by atoms with E-state index >= 15 is 0 Å². The van der Waals surface area contributed by atoms with Gasteiger partial charge in [-0.2, -0.15) is 0 Å². The third-order valence-electron chi connectivity index (χ3n) is 5.12. The van der Waals surface area contributed by atoms with Crippen molar-refractivity contribution in [3.05, 3.63) is 70.5 Å². The largest absolute Gasteiger partial charge is 0.491 e. The summed E-state index contributed by atoms with van der Waals surface area (Å²) in [6.07, 6.45) is 2.90. The molecule has 7 nitrogen and oxygen atoms in total. The maximum atomic E-state index is 13.8. The van der Waals surface area contributed by atoms with Gasteiger partial charge in [-0.05, 0) is 38.1 Å². The lowest BCUT2D eigenvalue weighted by Crippen LogP contribution is -2.41. The van der Waals surface area contributed by atoms with E-state index < -0.39 is 0 Å². The van der Waals surface area contributed by atoms with Crippen LogP contribution in [0.1, 0.15) is 25.5 Å². The molecule has 1 aromatic carbocycles. The molecule has 3 aromatic rings. The first-order valence-electron chi connectivity index (χ1n) is 10.2. The SMILES string of the molecule is CC(C)Oc1cc(F)ccc1C1CN(c2nc(-c3ccncc3)cc(=O)n2C)CCO1. The Balaban J connectivity index is 1.67. The van der Waals surface area contributed by atoms with Crippen LogP contribution >= 0.6 is 0 Å². The third kappa shape index (κ3) is 4.59. The predicted molar refractivity (Wildman–Crippen MR) is 116 cm³/mol. The van der Waals surface area contributed by atoms with Crippen LogP contribution in [0.5, 0.6) is 5.75 Å². The highest BCUT2D eigenvalue weighted by atomic mass is 19.1. The summed E-state index contributed by atoms with van der Waals surface area (Å²) in [4.78, 5) is 23.4. The van der Waals surface area contributed by atoms with Crippen molar-refractivity contribution in [1.29, 1.82) is 0 Å². The van der Waals surface area contributed by atoms with Crippen LogP contribution in [-0.4, -0.2) is 40.3 Å². The zero-order chi connectivity index (χ0) is 22.0. The van der Waals surface area contributed by atoms with Gasteiger partial charge in [0.25, 0.3) is 5.56 Å². The number of anilines is 1. The minimum Gasteiger partial charge on any atom is -0.491 e. The molecular formula is C23H25FN4O3. The number of halogens is 1. The van der Waals surface area contributed by atoms with Crippen LogP contribution in [0.25, 0.3) is 11.3 Å². The van der Waals surface area contributed by atoms with Crippen LogP contribution in [0.2, 0.25) is 0 Å². The first-order chi connectivity index (χ1) is 14.9. The van der Waals surface area contributed by atoms with Crippen molar-refractivity contribution in [3.8, 4) is 17.0 Å². The Hall–Kier alpha value is -3.26. The smallest absolute Gasteiger partial charge is 0.255 e. The van der Waals surface area contributed by atoms with Crippen molar-refractivity contribution in [2.45, 2.75) is 26.1 Å². The number of pyridine rings is 1. The molecule has 31 heavy (non-hydrogen) atoms. The van der Waals surface area contributed by atoms with Gasteiger partial charge in [0.2, 0.25) is 5.95 Å². The second kappa shape index (κ2) is 8.85. The van der Waals surface area contributed by atoms with Gasteiger partial charge in [-0.25, -0.2) is 9.37 Å². The van der Waals surface area contributed by atoms with Gasteiger partial charge in [0.05, 0.1) is 24.9 Å². The van der Waals surface area contributed by atoms with E-state index in [-0.39, 0.29) is 23.6 Å². The van der Waals surface area contributed by atoms with E-state index in [1.54, 1.807) is 25.5 Å². The van der Waals surface area contributed by atoms with Gasteiger partial charge in [0.1, 0.15) is 17.7 Å². The van der Waals surface area contributed by atoms with E-state index in [2.05, 4.69) is 4.98 Å². The van der Waals surface area contributed by atoms with E-state index in [4.69, 9.17) is 14.5 Å². The van der Waals surface area contributed by atoms with E-state index in [9.17, 15) is 9.18 Å². The summed E-state index contributed by atoms with van der Waals surface area (Å²) in [6.45, 7) is 5.27. The van der Waals surface area contributed by atoms with Crippen LogP contribution in [-0.2, 0) is 11.8 Å². The number of nitrogens with zero attached hydrogens (tertiary/aromatic N) is 4. The maximum Gasteiger partial charge on any atom is 0.255 e. The van der Waals surface area contributed by atoms with Crippen molar-refractivity contribution in [2.24, 2.45) is 7.05 Å². The number of morpholine rings is 1.